The standard InChI is InChI=1S/C22H20N2O3/c1-4-8-16-11-15(13-20(25-3)21(16)26-5-2)12-17(14-23)22-24-18-9-6-7-10-19(18)27-22/h4,6-7,9-13H,1,5,8H2,2-3H3/b17-12+. The highest BCUT2D eigenvalue weighted by molar-refractivity contribution is 5.89. The van der Waals surface area contributed by atoms with Crippen LogP contribution in [0.2, 0.25) is 0 Å². The Kier molecular flexibility index (Phi) is 5.58. The Morgan fingerprint density at radius 1 is 1.33 bits per heavy atom. The Balaban J connectivity index is 2.09. The van der Waals surface area contributed by atoms with E-state index in [1.165, 1.54) is 0 Å². The zero-order valence-corrected chi connectivity index (χ0v) is 15.4. The first-order valence-corrected chi connectivity index (χ1v) is 8.62. The molecule has 0 bridgehead atoms. The van der Waals surface area contributed by atoms with Gasteiger partial charge in [0.1, 0.15) is 17.2 Å². The molecule has 3 rings (SSSR count). The lowest BCUT2D eigenvalue weighted by atomic mass is 10.0. The van der Waals surface area contributed by atoms with Gasteiger partial charge in [0.05, 0.1) is 13.7 Å². The predicted octanol–water partition coefficient (Wildman–Crippen LogP) is 5.03. The number of fused-ring (bicyclic) bond motifs is 1. The maximum atomic E-state index is 9.61. The summed E-state index contributed by atoms with van der Waals surface area (Å²) in [5.41, 5.74) is 3.43. The minimum absolute atomic E-state index is 0.289. The Hall–Kier alpha value is -3.52. The summed E-state index contributed by atoms with van der Waals surface area (Å²) in [6.45, 7) is 6.25. The molecule has 2 aromatic carbocycles. The van der Waals surface area contributed by atoms with E-state index < -0.39 is 0 Å². The molecule has 0 atom stereocenters. The zero-order valence-electron chi connectivity index (χ0n) is 15.4. The molecule has 0 radical (unpaired) electrons. The number of methoxy groups -OCH3 is 1. The molecule has 136 valence electrons. The average molecular weight is 360 g/mol. The molecule has 0 aliphatic heterocycles. The Bertz CT molecular complexity index is 1010. The lowest BCUT2D eigenvalue weighted by Crippen LogP contribution is -2.00. The van der Waals surface area contributed by atoms with E-state index in [1.54, 1.807) is 19.3 Å². The van der Waals surface area contributed by atoms with Crippen LogP contribution in [0.3, 0.4) is 0 Å². The second-order valence-corrected chi connectivity index (χ2v) is 5.79. The summed E-state index contributed by atoms with van der Waals surface area (Å²) >= 11 is 0. The normalized spacial score (nSPS) is 11.2. The highest BCUT2D eigenvalue weighted by atomic mass is 16.5. The van der Waals surface area contributed by atoms with Gasteiger partial charge in [0, 0.05) is 5.56 Å². The van der Waals surface area contributed by atoms with E-state index in [-0.39, 0.29) is 5.89 Å². The molecule has 0 aliphatic carbocycles. The molecule has 0 saturated carbocycles. The largest absolute Gasteiger partial charge is 0.493 e. The van der Waals surface area contributed by atoms with Gasteiger partial charge >= 0.3 is 0 Å². The Morgan fingerprint density at radius 2 is 2.15 bits per heavy atom. The first-order valence-electron chi connectivity index (χ1n) is 8.62. The van der Waals surface area contributed by atoms with Crippen molar-refractivity contribution >= 4 is 22.7 Å². The van der Waals surface area contributed by atoms with E-state index >= 15 is 0 Å². The number of allylic oxidation sites excluding steroid dienone is 2. The van der Waals surface area contributed by atoms with Crippen LogP contribution >= 0.6 is 0 Å². The highest BCUT2D eigenvalue weighted by Crippen LogP contribution is 2.35. The van der Waals surface area contributed by atoms with Crippen molar-refractivity contribution in [1.82, 2.24) is 4.98 Å². The second kappa shape index (κ2) is 8.24. The number of benzene rings is 2. The maximum Gasteiger partial charge on any atom is 0.238 e. The van der Waals surface area contributed by atoms with E-state index in [2.05, 4.69) is 17.6 Å². The molecular formula is C22H20N2O3. The summed E-state index contributed by atoms with van der Waals surface area (Å²) in [7, 11) is 1.59. The third kappa shape index (κ3) is 3.85. The van der Waals surface area contributed by atoms with Crippen molar-refractivity contribution in [3.63, 3.8) is 0 Å². The highest BCUT2D eigenvalue weighted by Gasteiger charge is 2.14. The van der Waals surface area contributed by atoms with Gasteiger partial charge < -0.3 is 13.9 Å². The van der Waals surface area contributed by atoms with Crippen LogP contribution in [0, 0.1) is 11.3 Å². The quantitative estimate of drug-likeness (QED) is 0.437. The molecule has 0 unspecified atom stereocenters. The number of para-hydroxylation sites is 2. The summed E-state index contributed by atoms with van der Waals surface area (Å²) in [4.78, 5) is 4.40. The smallest absolute Gasteiger partial charge is 0.238 e. The fourth-order valence-electron chi connectivity index (χ4n) is 2.83. The van der Waals surface area contributed by atoms with Crippen LogP contribution in [0.1, 0.15) is 23.9 Å². The third-order valence-electron chi connectivity index (χ3n) is 3.98. The van der Waals surface area contributed by atoms with E-state index in [1.807, 2.05) is 43.3 Å². The van der Waals surface area contributed by atoms with Crippen LogP contribution in [0.4, 0.5) is 0 Å². The first-order chi connectivity index (χ1) is 13.2. The minimum atomic E-state index is 0.289. The van der Waals surface area contributed by atoms with Crippen molar-refractivity contribution in [2.45, 2.75) is 13.3 Å². The summed E-state index contributed by atoms with van der Waals surface area (Å²) < 4.78 is 16.9. The van der Waals surface area contributed by atoms with Crippen LogP contribution in [0.25, 0.3) is 22.7 Å². The van der Waals surface area contributed by atoms with E-state index in [4.69, 9.17) is 13.9 Å². The summed E-state index contributed by atoms with van der Waals surface area (Å²) in [5.74, 6) is 1.59. The SMILES string of the molecule is C=CCc1cc(/C=C(\C#N)c2nc3ccccc3o2)cc(OC)c1OCC. The zero-order chi connectivity index (χ0) is 19.2. The third-order valence-corrected chi connectivity index (χ3v) is 3.98. The summed E-state index contributed by atoms with van der Waals surface area (Å²) in [5, 5.41) is 9.61. The molecule has 27 heavy (non-hydrogen) atoms. The summed E-state index contributed by atoms with van der Waals surface area (Å²) in [6.07, 6.45) is 4.16. The van der Waals surface area contributed by atoms with Crippen molar-refractivity contribution in [1.29, 1.82) is 5.26 Å². The monoisotopic (exact) mass is 360 g/mol. The fraction of sp³-hybridized carbons (Fsp3) is 0.182. The topological polar surface area (TPSA) is 68.3 Å². The van der Waals surface area contributed by atoms with Gasteiger partial charge in [-0.15, -0.1) is 6.58 Å². The predicted molar refractivity (Wildman–Crippen MR) is 106 cm³/mol. The van der Waals surface area contributed by atoms with Crippen LogP contribution in [0.5, 0.6) is 11.5 Å². The molecule has 0 aliphatic rings. The van der Waals surface area contributed by atoms with Crippen molar-refractivity contribution in [3.05, 3.63) is 66.1 Å². The van der Waals surface area contributed by atoms with E-state index in [9.17, 15) is 5.26 Å². The number of aromatic nitrogens is 1. The van der Waals surface area contributed by atoms with Crippen LogP contribution in [0.15, 0.2) is 53.5 Å². The van der Waals surface area contributed by atoms with Gasteiger partial charge in [0.25, 0.3) is 0 Å². The van der Waals surface area contributed by atoms with Crippen LogP contribution < -0.4 is 9.47 Å². The second-order valence-electron chi connectivity index (χ2n) is 5.79. The molecule has 1 heterocycles. The molecule has 3 aromatic rings. The van der Waals surface area contributed by atoms with Crippen molar-refractivity contribution < 1.29 is 13.9 Å². The number of nitrogens with zero attached hydrogens (tertiary/aromatic N) is 2. The average Bonchev–Trinajstić information content (AvgIpc) is 3.12. The number of hydrogen-bond acceptors (Lipinski definition) is 5. The Morgan fingerprint density at radius 3 is 2.81 bits per heavy atom. The van der Waals surface area contributed by atoms with E-state index in [0.29, 0.717) is 41.2 Å². The molecule has 5 heteroatoms. The van der Waals surface area contributed by atoms with Gasteiger partial charge in [-0.2, -0.15) is 5.26 Å². The van der Waals surface area contributed by atoms with Crippen LogP contribution in [-0.2, 0) is 6.42 Å². The minimum Gasteiger partial charge on any atom is -0.493 e. The van der Waals surface area contributed by atoms with Crippen molar-refractivity contribution in [2.75, 3.05) is 13.7 Å². The molecule has 0 fully saturated rings. The van der Waals surface area contributed by atoms with Gasteiger partial charge in [-0.05, 0) is 49.2 Å². The number of rotatable bonds is 7. The molecule has 0 N–H and O–H groups in total. The molecule has 0 saturated heterocycles. The van der Waals surface area contributed by atoms with Gasteiger partial charge in [-0.25, -0.2) is 4.98 Å². The van der Waals surface area contributed by atoms with Gasteiger partial charge in [0.15, 0.2) is 17.1 Å². The number of ether oxygens (including phenoxy) is 2. The van der Waals surface area contributed by atoms with Crippen molar-refractivity contribution in [3.8, 4) is 17.6 Å². The first kappa shape index (κ1) is 18.3. The van der Waals surface area contributed by atoms with Crippen LogP contribution in [-0.4, -0.2) is 18.7 Å². The maximum absolute atomic E-state index is 9.61. The molecular weight excluding hydrogens is 340 g/mol. The molecule has 1 aromatic heterocycles. The lowest BCUT2D eigenvalue weighted by Gasteiger charge is -2.14. The molecule has 0 spiro atoms. The summed E-state index contributed by atoms with van der Waals surface area (Å²) in [6, 6.07) is 13.4. The van der Waals surface area contributed by atoms with Gasteiger partial charge in [-0.3, -0.25) is 0 Å². The molecule has 5 nitrogen and oxygen atoms in total. The van der Waals surface area contributed by atoms with Gasteiger partial charge in [0.2, 0.25) is 5.89 Å². The van der Waals surface area contributed by atoms with Crippen molar-refractivity contribution in [2.24, 2.45) is 0 Å². The number of oxazole rings is 1. The number of nitriles is 1. The molecule has 0 amide bonds. The van der Waals surface area contributed by atoms with Gasteiger partial charge in [-0.1, -0.05) is 18.2 Å². The Labute approximate surface area is 158 Å². The lowest BCUT2D eigenvalue weighted by molar-refractivity contribution is 0.308. The fourth-order valence-corrected chi connectivity index (χ4v) is 2.83. The van der Waals surface area contributed by atoms with E-state index in [0.717, 1.165) is 11.1 Å². The number of hydrogen-bond donors (Lipinski definition) is 0.